The van der Waals surface area contributed by atoms with Crippen molar-refractivity contribution < 1.29 is 22.7 Å². The van der Waals surface area contributed by atoms with Crippen molar-refractivity contribution in [1.29, 1.82) is 0 Å². The summed E-state index contributed by atoms with van der Waals surface area (Å²) in [6.07, 6.45) is -2.11. The second kappa shape index (κ2) is 5.45. The van der Waals surface area contributed by atoms with Crippen molar-refractivity contribution in [3.63, 3.8) is 0 Å². The lowest BCUT2D eigenvalue weighted by molar-refractivity contribution is -0.141. The van der Waals surface area contributed by atoms with Gasteiger partial charge in [-0.05, 0) is 12.1 Å². The molecule has 2 aromatic heterocycles. The predicted octanol–water partition coefficient (Wildman–Crippen LogP) is 3.09. The number of anilines is 2. The molecule has 0 fully saturated rings. The summed E-state index contributed by atoms with van der Waals surface area (Å²) < 4.78 is 41.5. The van der Waals surface area contributed by atoms with Gasteiger partial charge in [0.1, 0.15) is 10.6 Å². The van der Waals surface area contributed by atoms with Crippen LogP contribution in [0.15, 0.2) is 24.5 Å². The number of carbonyl (C=O) groups is 1. The fourth-order valence-electron chi connectivity index (χ4n) is 1.29. The molecule has 2 aromatic rings. The SMILES string of the molecule is COC(=O)c1cnc(Nc2ccc(C(F)(F)F)nc2)s1. The van der Waals surface area contributed by atoms with E-state index in [1.54, 1.807) is 0 Å². The molecule has 0 aliphatic heterocycles. The van der Waals surface area contributed by atoms with Crippen LogP contribution in [0.25, 0.3) is 0 Å². The number of aromatic nitrogens is 2. The minimum atomic E-state index is -4.47. The minimum Gasteiger partial charge on any atom is -0.465 e. The third-order valence-corrected chi connectivity index (χ3v) is 3.09. The summed E-state index contributed by atoms with van der Waals surface area (Å²) in [5.41, 5.74) is -0.638. The number of alkyl halides is 3. The average molecular weight is 303 g/mol. The molecule has 2 heterocycles. The maximum atomic E-state index is 12.3. The Morgan fingerprint density at radius 3 is 2.60 bits per heavy atom. The number of pyridine rings is 1. The maximum Gasteiger partial charge on any atom is 0.433 e. The molecule has 9 heteroatoms. The normalized spacial score (nSPS) is 11.2. The first-order valence-corrected chi connectivity index (χ1v) is 6.06. The highest BCUT2D eigenvalue weighted by molar-refractivity contribution is 7.17. The Kier molecular flexibility index (Phi) is 3.89. The van der Waals surface area contributed by atoms with E-state index in [2.05, 4.69) is 20.0 Å². The van der Waals surface area contributed by atoms with Gasteiger partial charge in [0, 0.05) is 0 Å². The minimum absolute atomic E-state index is 0.287. The number of carbonyl (C=O) groups excluding carboxylic acids is 1. The first-order chi connectivity index (χ1) is 9.40. The Morgan fingerprint density at radius 1 is 1.30 bits per heavy atom. The van der Waals surface area contributed by atoms with Gasteiger partial charge < -0.3 is 10.1 Å². The number of methoxy groups -OCH3 is 1. The van der Waals surface area contributed by atoms with Crippen LogP contribution < -0.4 is 5.32 Å². The zero-order valence-corrected chi connectivity index (χ0v) is 10.9. The summed E-state index contributed by atoms with van der Waals surface area (Å²) >= 11 is 1.02. The number of esters is 1. The van der Waals surface area contributed by atoms with Crippen LogP contribution in [0, 0.1) is 0 Å². The van der Waals surface area contributed by atoms with Crippen molar-refractivity contribution in [2.24, 2.45) is 0 Å². The van der Waals surface area contributed by atoms with Gasteiger partial charge >= 0.3 is 12.1 Å². The van der Waals surface area contributed by atoms with Crippen LogP contribution in [0.5, 0.6) is 0 Å². The van der Waals surface area contributed by atoms with E-state index in [0.29, 0.717) is 10.8 Å². The molecule has 0 aromatic carbocycles. The lowest BCUT2D eigenvalue weighted by atomic mass is 10.3. The summed E-state index contributed by atoms with van der Waals surface area (Å²) in [6, 6.07) is 2.09. The van der Waals surface area contributed by atoms with E-state index >= 15 is 0 Å². The lowest BCUT2D eigenvalue weighted by Gasteiger charge is -2.06. The summed E-state index contributed by atoms with van der Waals surface area (Å²) in [5, 5.41) is 3.11. The highest BCUT2D eigenvalue weighted by Crippen LogP contribution is 2.29. The molecule has 5 nitrogen and oxygen atoms in total. The fourth-order valence-corrected chi connectivity index (χ4v) is 2.04. The fraction of sp³-hybridized carbons (Fsp3) is 0.182. The quantitative estimate of drug-likeness (QED) is 0.883. The van der Waals surface area contributed by atoms with Crippen molar-refractivity contribution >= 4 is 28.1 Å². The molecule has 0 amide bonds. The van der Waals surface area contributed by atoms with Crippen LogP contribution in [0.2, 0.25) is 0 Å². The number of nitrogens with one attached hydrogen (secondary N) is 1. The van der Waals surface area contributed by atoms with Crippen LogP contribution in [0.4, 0.5) is 24.0 Å². The van der Waals surface area contributed by atoms with E-state index in [1.165, 1.54) is 19.4 Å². The maximum absolute atomic E-state index is 12.3. The molecule has 0 unspecified atom stereocenters. The van der Waals surface area contributed by atoms with E-state index in [0.717, 1.165) is 23.6 Å². The third kappa shape index (κ3) is 3.23. The third-order valence-electron chi connectivity index (χ3n) is 2.20. The molecule has 0 bridgehead atoms. The molecule has 0 spiro atoms. The van der Waals surface area contributed by atoms with Gasteiger partial charge in [-0.3, -0.25) is 0 Å². The van der Waals surface area contributed by atoms with Crippen molar-refractivity contribution in [3.8, 4) is 0 Å². The van der Waals surface area contributed by atoms with Gasteiger partial charge in [-0.2, -0.15) is 13.2 Å². The number of ether oxygens (including phenoxy) is 1. The highest BCUT2D eigenvalue weighted by Gasteiger charge is 2.32. The molecule has 1 N–H and O–H groups in total. The average Bonchev–Trinajstić information content (AvgIpc) is 2.86. The van der Waals surface area contributed by atoms with Crippen molar-refractivity contribution in [3.05, 3.63) is 35.1 Å². The van der Waals surface area contributed by atoms with Gasteiger partial charge in [-0.15, -0.1) is 0 Å². The number of rotatable bonds is 3. The Bertz CT molecular complexity index is 610. The van der Waals surface area contributed by atoms with Crippen LogP contribution in [-0.2, 0) is 10.9 Å². The Hall–Kier alpha value is -2.16. The molecule has 0 saturated heterocycles. The van der Waals surface area contributed by atoms with Gasteiger partial charge in [0.05, 0.1) is 25.2 Å². The number of hydrogen-bond donors (Lipinski definition) is 1. The van der Waals surface area contributed by atoms with Crippen LogP contribution >= 0.6 is 11.3 Å². The Morgan fingerprint density at radius 2 is 2.05 bits per heavy atom. The van der Waals surface area contributed by atoms with Crippen LogP contribution in [0.1, 0.15) is 15.4 Å². The monoisotopic (exact) mass is 303 g/mol. The molecule has 0 aliphatic carbocycles. The molecule has 20 heavy (non-hydrogen) atoms. The highest BCUT2D eigenvalue weighted by atomic mass is 32.1. The number of hydrogen-bond acceptors (Lipinski definition) is 6. The Balaban J connectivity index is 2.10. The standard InChI is InChI=1S/C11H8F3N3O2S/c1-19-9(18)7-5-16-10(20-7)17-6-2-3-8(15-4-6)11(12,13)14/h2-5H,1H3,(H,16,17). The van der Waals surface area contributed by atoms with E-state index < -0.39 is 17.8 Å². The number of halogens is 3. The largest absolute Gasteiger partial charge is 0.465 e. The second-order valence-corrected chi connectivity index (χ2v) is 4.61. The van der Waals surface area contributed by atoms with Crippen LogP contribution in [0.3, 0.4) is 0 Å². The van der Waals surface area contributed by atoms with E-state index in [4.69, 9.17) is 0 Å². The summed E-state index contributed by atoms with van der Waals surface area (Å²) in [6.45, 7) is 0. The number of thiazole rings is 1. The smallest absolute Gasteiger partial charge is 0.433 e. The van der Waals surface area contributed by atoms with Crippen molar-refractivity contribution in [2.45, 2.75) is 6.18 Å². The molecule has 2 rings (SSSR count). The summed E-state index contributed by atoms with van der Waals surface area (Å²) in [4.78, 5) is 18.7. The topological polar surface area (TPSA) is 64.1 Å². The van der Waals surface area contributed by atoms with Gasteiger partial charge in [0.25, 0.3) is 0 Å². The van der Waals surface area contributed by atoms with Crippen LogP contribution in [-0.4, -0.2) is 23.0 Å². The summed E-state index contributed by atoms with van der Waals surface area (Å²) in [7, 11) is 1.24. The molecular weight excluding hydrogens is 295 g/mol. The molecule has 0 radical (unpaired) electrons. The van der Waals surface area contributed by atoms with Gasteiger partial charge in [0.15, 0.2) is 5.13 Å². The van der Waals surface area contributed by atoms with Gasteiger partial charge in [-0.1, -0.05) is 11.3 Å². The van der Waals surface area contributed by atoms with E-state index in [-0.39, 0.29) is 4.88 Å². The molecule has 0 aliphatic rings. The zero-order chi connectivity index (χ0) is 14.8. The van der Waals surface area contributed by atoms with Gasteiger partial charge in [-0.25, -0.2) is 14.8 Å². The van der Waals surface area contributed by atoms with Crippen molar-refractivity contribution in [2.75, 3.05) is 12.4 Å². The van der Waals surface area contributed by atoms with E-state index in [1.807, 2.05) is 0 Å². The first-order valence-electron chi connectivity index (χ1n) is 5.24. The molecule has 0 atom stereocenters. The molecule has 0 saturated carbocycles. The molecule has 106 valence electrons. The summed E-state index contributed by atoms with van der Waals surface area (Å²) in [5.74, 6) is -0.527. The van der Waals surface area contributed by atoms with E-state index in [9.17, 15) is 18.0 Å². The molecular formula is C11H8F3N3O2S. The Labute approximate surface area is 115 Å². The zero-order valence-electron chi connectivity index (χ0n) is 10.1. The number of nitrogens with zero attached hydrogens (tertiary/aromatic N) is 2. The first kappa shape index (κ1) is 14.3. The van der Waals surface area contributed by atoms with Gasteiger partial charge in [0.2, 0.25) is 0 Å². The van der Waals surface area contributed by atoms with Crippen molar-refractivity contribution in [1.82, 2.24) is 9.97 Å². The second-order valence-electron chi connectivity index (χ2n) is 3.58. The lowest BCUT2D eigenvalue weighted by Crippen LogP contribution is -2.07. The predicted molar refractivity (Wildman–Crippen MR) is 66.0 cm³/mol.